The zero-order valence-corrected chi connectivity index (χ0v) is 18.3. The van der Waals surface area contributed by atoms with E-state index in [1.165, 1.54) is 0 Å². The average molecular weight is 434 g/mol. The Morgan fingerprint density at radius 2 is 1.94 bits per heavy atom. The fourth-order valence-corrected chi connectivity index (χ4v) is 4.58. The van der Waals surface area contributed by atoms with Crippen LogP contribution in [0.1, 0.15) is 0 Å². The van der Waals surface area contributed by atoms with Crippen LogP contribution in [0.5, 0.6) is 5.75 Å². The van der Waals surface area contributed by atoms with Gasteiger partial charge in [0.1, 0.15) is 11.3 Å². The summed E-state index contributed by atoms with van der Waals surface area (Å²) in [5, 5.41) is 8.53. The largest absolute Gasteiger partial charge is 0.495 e. The van der Waals surface area contributed by atoms with E-state index in [9.17, 15) is 0 Å². The molecule has 0 saturated carbocycles. The lowest BCUT2D eigenvalue weighted by atomic mass is 10.1. The minimum absolute atomic E-state index is 0.514. The molecule has 1 aromatic carbocycles. The van der Waals surface area contributed by atoms with E-state index in [4.69, 9.17) is 9.72 Å². The first-order valence-corrected chi connectivity index (χ1v) is 11.3. The molecule has 0 spiro atoms. The van der Waals surface area contributed by atoms with E-state index >= 15 is 0 Å². The smallest absolute Gasteiger partial charge is 0.227 e. The number of nitrogens with zero attached hydrogens (tertiary/aromatic N) is 6. The number of ether oxygens (including phenoxy) is 1. The van der Waals surface area contributed by atoms with Crippen molar-refractivity contribution in [3.8, 4) is 16.9 Å². The second-order valence-corrected chi connectivity index (χ2v) is 8.53. The van der Waals surface area contributed by atoms with Crippen molar-refractivity contribution >= 4 is 40.1 Å². The van der Waals surface area contributed by atoms with Gasteiger partial charge in [0.15, 0.2) is 5.82 Å². The Hall–Kier alpha value is -3.33. The number of pyridine rings is 1. The average Bonchev–Trinajstić information content (AvgIpc) is 3.25. The maximum absolute atomic E-state index is 5.62. The Morgan fingerprint density at radius 3 is 2.71 bits per heavy atom. The first-order chi connectivity index (χ1) is 15.2. The molecule has 0 radical (unpaired) electrons. The molecule has 0 atom stereocenters. The molecule has 1 saturated heterocycles. The third-order valence-electron chi connectivity index (χ3n) is 5.28. The number of aromatic nitrogens is 5. The molecule has 3 aromatic heterocycles. The van der Waals surface area contributed by atoms with Gasteiger partial charge in [-0.2, -0.15) is 16.9 Å². The number of anilines is 3. The van der Waals surface area contributed by atoms with Crippen molar-refractivity contribution in [2.24, 2.45) is 7.05 Å². The van der Waals surface area contributed by atoms with Gasteiger partial charge < -0.3 is 15.0 Å². The molecule has 4 heterocycles. The van der Waals surface area contributed by atoms with Gasteiger partial charge in [-0.15, -0.1) is 0 Å². The predicted molar refractivity (Wildman–Crippen MR) is 125 cm³/mol. The van der Waals surface area contributed by atoms with Crippen LogP contribution in [0.15, 0.2) is 49.1 Å². The number of nitrogens with one attached hydrogen (secondary N) is 1. The molecule has 31 heavy (non-hydrogen) atoms. The molecule has 0 unspecified atom stereocenters. The number of fused-ring (bicyclic) bond motifs is 1. The van der Waals surface area contributed by atoms with Crippen LogP contribution in [0.3, 0.4) is 0 Å². The van der Waals surface area contributed by atoms with Gasteiger partial charge in [0, 0.05) is 61.2 Å². The molecule has 1 aliphatic rings. The molecule has 0 aliphatic carbocycles. The topological polar surface area (TPSA) is 81.0 Å². The van der Waals surface area contributed by atoms with Gasteiger partial charge >= 0.3 is 0 Å². The van der Waals surface area contributed by atoms with Gasteiger partial charge in [0.05, 0.1) is 19.0 Å². The molecule has 1 fully saturated rings. The number of aryl methyl sites for hydroxylation is 1. The van der Waals surface area contributed by atoms with Gasteiger partial charge in [-0.25, -0.2) is 15.0 Å². The van der Waals surface area contributed by atoms with Gasteiger partial charge in [-0.1, -0.05) is 6.07 Å². The van der Waals surface area contributed by atoms with E-state index in [1.807, 2.05) is 67.9 Å². The lowest BCUT2D eigenvalue weighted by Crippen LogP contribution is -2.33. The number of methoxy groups -OCH3 is 1. The summed E-state index contributed by atoms with van der Waals surface area (Å²) in [7, 11) is 3.56. The van der Waals surface area contributed by atoms with Crippen LogP contribution in [0.4, 0.5) is 17.5 Å². The number of hydrogen-bond donors (Lipinski definition) is 1. The van der Waals surface area contributed by atoms with Crippen LogP contribution in [0.2, 0.25) is 0 Å². The number of rotatable bonds is 5. The molecule has 0 bridgehead atoms. The zero-order valence-electron chi connectivity index (χ0n) is 17.4. The number of benzene rings is 1. The highest BCUT2D eigenvalue weighted by atomic mass is 32.2. The predicted octanol–water partition coefficient (Wildman–Crippen LogP) is 3.73. The van der Waals surface area contributed by atoms with Crippen molar-refractivity contribution in [2.45, 2.75) is 0 Å². The summed E-state index contributed by atoms with van der Waals surface area (Å²) in [6.45, 7) is 1.96. The summed E-state index contributed by atoms with van der Waals surface area (Å²) in [6.07, 6.45) is 7.48. The van der Waals surface area contributed by atoms with Crippen LogP contribution >= 0.6 is 11.8 Å². The summed E-state index contributed by atoms with van der Waals surface area (Å²) in [5.74, 6) is 4.36. The highest BCUT2D eigenvalue weighted by Gasteiger charge is 2.17. The Bertz CT molecular complexity index is 1220. The van der Waals surface area contributed by atoms with E-state index in [0.717, 1.165) is 58.1 Å². The highest BCUT2D eigenvalue weighted by molar-refractivity contribution is 7.99. The Labute approximate surface area is 184 Å². The fraction of sp³-hybridized carbons (Fsp3) is 0.273. The third kappa shape index (κ3) is 4.00. The second-order valence-electron chi connectivity index (χ2n) is 7.31. The maximum atomic E-state index is 5.62. The number of thioether (sulfide) groups is 1. The first-order valence-electron chi connectivity index (χ1n) is 10.1. The van der Waals surface area contributed by atoms with Gasteiger partial charge in [0.25, 0.3) is 0 Å². The van der Waals surface area contributed by atoms with Crippen LogP contribution in [0.25, 0.3) is 22.0 Å². The van der Waals surface area contributed by atoms with Crippen molar-refractivity contribution in [1.29, 1.82) is 0 Å². The molecule has 158 valence electrons. The van der Waals surface area contributed by atoms with E-state index < -0.39 is 0 Å². The van der Waals surface area contributed by atoms with Crippen LogP contribution in [-0.2, 0) is 7.05 Å². The van der Waals surface area contributed by atoms with Crippen LogP contribution in [-0.4, -0.2) is 56.4 Å². The quantitative estimate of drug-likeness (QED) is 0.510. The van der Waals surface area contributed by atoms with Crippen molar-refractivity contribution in [2.75, 3.05) is 41.9 Å². The molecule has 4 aromatic rings. The van der Waals surface area contributed by atoms with E-state index in [2.05, 4.69) is 25.3 Å². The standard InChI is InChI=1S/C22H23N7OS/c1-28-14-17(13-25-28)15-3-4-18(19(11-15)30-2)26-22-24-12-16-5-6-23-21(20(16)27-22)29-7-9-31-10-8-29/h3-6,11-14H,7-10H2,1-2H3,(H,24,26,27). The van der Waals surface area contributed by atoms with Crippen molar-refractivity contribution in [1.82, 2.24) is 24.7 Å². The van der Waals surface area contributed by atoms with Gasteiger partial charge in [-0.3, -0.25) is 4.68 Å². The lowest BCUT2D eigenvalue weighted by Gasteiger charge is -2.27. The normalized spacial score (nSPS) is 14.1. The van der Waals surface area contributed by atoms with Crippen LogP contribution < -0.4 is 15.0 Å². The monoisotopic (exact) mass is 433 g/mol. The summed E-state index contributed by atoms with van der Waals surface area (Å²) < 4.78 is 7.41. The molecular weight excluding hydrogens is 410 g/mol. The molecule has 1 N–H and O–H groups in total. The molecule has 8 nitrogen and oxygen atoms in total. The Kier molecular flexibility index (Phi) is 5.33. The molecule has 5 rings (SSSR count). The number of hydrogen-bond acceptors (Lipinski definition) is 8. The SMILES string of the molecule is COc1cc(-c2cnn(C)c2)ccc1Nc1ncc2ccnc(N3CCSCC3)c2n1. The molecule has 0 amide bonds. The summed E-state index contributed by atoms with van der Waals surface area (Å²) in [6, 6.07) is 7.94. The second kappa shape index (κ2) is 8.43. The van der Waals surface area contributed by atoms with E-state index in [0.29, 0.717) is 11.7 Å². The molecule has 1 aliphatic heterocycles. The third-order valence-corrected chi connectivity index (χ3v) is 6.22. The summed E-state index contributed by atoms with van der Waals surface area (Å²) >= 11 is 1.97. The zero-order chi connectivity index (χ0) is 21.2. The maximum Gasteiger partial charge on any atom is 0.227 e. The highest BCUT2D eigenvalue weighted by Crippen LogP contribution is 2.33. The Balaban J connectivity index is 1.47. The Morgan fingerprint density at radius 1 is 1.06 bits per heavy atom. The van der Waals surface area contributed by atoms with Crippen LogP contribution in [0, 0.1) is 0 Å². The lowest BCUT2D eigenvalue weighted by molar-refractivity contribution is 0.417. The first kappa shape index (κ1) is 19.6. The van der Waals surface area contributed by atoms with Gasteiger partial charge in [-0.05, 0) is 23.8 Å². The van der Waals surface area contributed by atoms with Crippen molar-refractivity contribution in [3.63, 3.8) is 0 Å². The molecule has 9 heteroatoms. The van der Waals surface area contributed by atoms with E-state index in [1.54, 1.807) is 11.8 Å². The van der Waals surface area contributed by atoms with Gasteiger partial charge in [0.2, 0.25) is 5.95 Å². The minimum Gasteiger partial charge on any atom is -0.495 e. The van der Waals surface area contributed by atoms with Crippen molar-refractivity contribution in [3.05, 3.63) is 49.1 Å². The molecular formula is C22H23N7OS. The van der Waals surface area contributed by atoms with E-state index in [-0.39, 0.29) is 0 Å². The summed E-state index contributed by atoms with van der Waals surface area (Å²) in [5.41, 5.74) is 3.72. The minimum atomic E-state index is 0.514. The fourth-order valence-electron chi connectivity index (χ4n) is 3.67. The summed E-state index contributed by atoms with van der Waals surface area (Å²) in [4.78, 5) is 16.2. The van der Waals surface area contributed by atoms with Crippen molar-refractivity contribution < 1.29 is 4.74 Å².